The van der Waals surface area contributed by atoms with Crippen LogP contribution in [0.1, 0.15) is 76.0 Å². The van der Waals surface area contributed by atoms with Crippen molar-refractivity contribution >= 4 is 23.4 Å². The zero-order chi connectivity index (χ0) is 25.4. The number of anilines is 1. The Labute approximate surface area is 212 Å². The maximum Gasteiger partial charge on any atom is 0.349 e. The summed E-state index contributed by atoms with van der Waals surface area (Å²) < 4.78 is 6.29. The van der Waals surface area contributed by atoms with Crippen LogP contribution in [0.4, 0.5) is 5.69 Å². The van der Waals surface area contributed by atoms with E-state index in [1.54, 1.807) is 12.1 Å². The minimum absolute atomic E-state index is 0.123. The smallest absolute Gasteiger partial charge is 0.349 e. The van der Waals surface area contributed by atoms with Gasteiger partial charge in [-0.1, -0.05) is 57.5 Å². The first kappa shape index (κ1) is 25.5. The number of carbonyl (C=O) groups is 1. The molecule has 4 N–H and O–H groups in total. The van der Waals surface area contributed by atoms with Crippen LogP contribution in [0, 0.1) is 12.8 Å². The second-order valence-corrected chi connectivity index (χ2v) is 12.2. The number of hydrogen-bond donors (Lipinski definition) is 3. The van der Waals surface area contributed by atoms with E-state index in [0.29, 0.717) is 19.3 Å². The summed E-state index contributed by atoms with van der Waals surface area (Å²) in [5, 5.41) is 20.8. The van der Waals surface area contributed by atoms with Crippen molar-refractivity contribution in [3.05, 3.63) is 63.8 Å². The van der Waals surface area contributed by atoms with Crippen LogP contribution >= 0.6 is 11.8 Å². The van der Waals surface area contributed by atoms with Gasteiger partial charge in [0.05, 0.1) is 0 Å². The molecule has 1 heterocycles. The molecule has 4 rings (SSSR count). The lowest BCUT2D eigenvalue weighted by atomic mass is 9.77. The molecule has 2 aromatic carbocycles. The molecular formula is C29H37NO4S. The number of nitrogens with two attached hydrogens (primary N) is 1. The second kappa shape index (κ2) is 9.81. The van der Waals surface area contributed by atoms with E-state index >= 15 is 0 Å². The van der Waals surface area contributed by atoms with Gasteiger partial charge in [0, 0.05) is 17.0 Å². The van der Waals surface area contributed by atoms with E-state index in [1.807, 2.05) is 31.2 Å². The lowest BCUT2D eigenvalue weighted by Crippen LogP contribution is -2.45. The number of carbonyl (C=O) groups excluding carboxylic acids is 1. The highest BCUT2D eigenvalue weighted by atomic mass is 32.2. The topological polar surface area (TPSA) is 92.8 Å². The number of hydrogen-bond acceptors (Lipinski definition) is 6. The fourth-order valence-electron chi connectivity index (χ4n) is 5.37. The molecule has 0 radical (unpaired) electrons. The summed E-state index contributed by atoms with van der Waals surface area (Å²) in [5.41, 5.74) is 9.10. The third kappa shape index (κ3) is 5.48. The Morgan fingerprint density at radius 2 is 1.77 bits per heavy atom. The van der Waals surface area contributed by atoms with E-state index in [1.165, 1.54) is 11.8 Å². The first-order valence-electron chi connectivity index (χ1n) is 12.5. The predicted molar refractivity (Wildman–Crippen MR) is 142 cm³/mol. The summed E-state index contributed by atoms with van der Waals surface area (Å²) >= 11 is 1.29. The number of aliphatic hydroxyl groups is 1. The maximum absolute atomic E-state index is 13.4. The van der Waals surface area contributed by atoms with Gasteiger partial charge in [-0.05, 0) is 84.9 Å². The minimum Gasteiger partial charge on any atom is -0.511 e. The van der Waals surface area contributed by atoms with Gasteiger partial charge in [-0.25, -0.2) is 4.79 Å². The fraction of sp³-hybridized carbons (Fsp3) is 0.483. The van der Waals surface area contributed by atoms with Crippen molar-refractivity contribution in [2.75, 3.05) is 5.73 Å². The largest absolute Gasteiger partial charge is 0.511 e. The Morgan fingerprint density at radius 1 is 1.11 bits per heavy atom. The van der Waals surface area contributed by atoms with E-state index in [0.717, 1.165) is 53.0 Å². The van der Waals surface area contributed by atoms with Crippen LogP contribution in [0.2, 0.25) is 0 Å². The van der Waals surface area contributed by atoms with Gasteiger partial charge in [-0.2, -0.15) is 0 Å². The molecule has 0 aromatic heterocycles. The van der Waals surface area contributed by atoms with Crippen LogP contribution in [-0.4, -0.2) is 21.8 Å². The molecule has 1 aliphatic carbocycles. The summed E-state index contributed by atoms with van der Waals surface area (Å²) in [6.07, 6.45) is 5.94. The molecule has 0 amide bonds. The zero-order valence-electron chi connectivity index (χ0n) is 21.2. The lowest BCUT2D eigenvalue weighted by molar-refractivity contribution is -0.166. The highest BCUT2D eigenvalue weighted by Gasteiger charge is 2.48. The van der Waals surface area contributed by atoms with Crippen LogP contribution in [0.15, 0.2) is 52.0 Å². The Morgan fingerprint density at radius 3 is 2.37 bits per heavy atom. The summed E-state index contributed by atoms with van der Waals surface area (Å²) in [5.74, 6) is 0.156. The molecule has 2 aromatic rings. The number of ether oxygens (including phenoxy) is 1. The number of aryl methyl sites for hydroxylation is 2. The quantitative estimate of drug-likeness (QED) is 0.297. The van der Waals surface area contributed by atoms with E-state index < -0.39 is 11.6 Å². The SMILES string of the molecule is Cc1cc(SC2=C(O)C[C@@](CCc3ccc(O)cc3)(C3CCCC3)OC2=O)c(C(C)(C)C)cc1N. The molecule has 0 saturated heterocycles. The van der Waals surface area contributed by atoms with Crippen molar-refractivity contribution < 1.29 is 19.7 Å². The summed E-state index contributed by atoms with van der Waals surface area (Å²) in [6, 6.07) is 11.1. The summed E-state index contributed by atoms with van der Waals surface area (Å²) in [4.78, 5) is 14.6. The second-order valence-electron chi connectivity index (χ2n) is 11.1. The number of rotatable bonds is 6. The molecule has 2 aliphatic rings. The molecule has 1 fully saturated rings. The van der Waals surface area contributed by atoms with Crippen LogP contribution in [0.3, 0.4) is 0 Å². The summed E-state index contributed by atoms with van der Waals surface area (Å²) in [7, 11) is 0. The van der Waals surface area contributed by atoms with Crippen molar-refractivity contribution in [1.29, 1.82) is 0 Å². The number of nitrogen functional groups attached to an aromatic ring is 1. The molecule has 0 unspecified atom stereocenters. The van der Waals surface area contributed by atoms with Crippen LogP contribution < -0.4 is 5.73 Å². The minimum atomic E-state index is -0.705. The molecular weight excluding hydrogens is 458 g/mol. The first-order valence-corrected chi connectivity index (χ1v) is 13.3. The fourth-order valence-corrected chi connectivity index (χ4v) is 6.62. The van der Waals surface area contributed by atoms with Gasteiger partial charge in [0.25, 0.3) is 0 Å². The Balaban J connectivity index is 1.64. The predicted octanol–water partition coefficient (Wildman–Crippen LogP) is 6.95. The Kier molecular flexibility index (Phi) is 7.14. The monoisotopic (exact) mass is 495 g/mol. The molecule has 1 aliphatic heterocycles. The Bertz CT molecular complexity index is 1130. The van der Waals surface area contributed by atoms with Crippen LogP contribution in [0.25, 0.3) is 0 Å². The van der Waals surface area contributed by atoms with E-state index in [-0.39, 0.29) is 27.7 Å². The summed E-state index contributed by atoms with van der Waals surface area (Å²) in [6.45, 7) is 8.29. The van der Waals surface area contributed by atoms with Gasteiger partial charge in [-0.3, -0.25) is 0 Å². The van der Waals surface area contributed by atoms with Crippen molar-refractivity contribution in [2.24, 2.45) is 5.92 Å². The van der Waals surface area contributed by atoms with Gasteiger partial charge in [0.15, 0.2) is 0 Å². The standard InChI is InChI=1S/C29H37NO4S/c1-18-15-25(22(16-23(18)30)28(2,3)4)35-26-24(32)17-29(34-27(26)33,20-7-5-6-8-20)14-13-19-9-11-21(31)12-10-19/h9-12,15-16,20,31-32H,5-8,13-14,17,30H2,1-4H3/t29-/m0/s1. The normalized spacial score (nSPS) is 21.4. The van der Waals surface area contributed by atoms with Crippen molar-refractivity contribution in [3.8, 4) is 5.75 Å². The molecule has 0 bridgehead atoms. The number of phenolic OH excluding ortho intramolecular Hbond substituents is 1. The Hall–Kier alpha value is -2.60. The molecule has 188 valence electrons. The van der Waals surface area contributed by atoms with Crippen molar-refractivity contribution in [2.45, 2.75) is 88.6 Å². The number of aliphatic hydroxyl groups excluding tert-OH is 1. The first-order chi connectivity index (χ1) is 16.5. The third-order valence-electron chi connectivity index (χ3n) is 7.47. The zero-order valence-corrected chi connectivity index (χ0v) is 22.0. The number of esters is 1. The molecule has 0 spiro atoms. The van der Waals surface area contributed by atoms with E-state index in [9.17, 15) is 15.0 Å². The number of benzene rings is 2. The van der Waals surface area contributed by atoms with Crippen molar-refractivity contribution in [3.63, 3.8) is 0 Å². The number of cyclic esters (lactones) is 1. The average Bonchev–Trinajstić information content (AvgIpc) is 3.33. The van der Waals surface area contributed by atoms with Crippen LogP contribution in [-0.2, 0) is 21.4 Å². The van der Waals surface area contributed by atoms with Gasteiger partial charge >= 0.3 is 5.97 Å². The van der Waals surface area contributed by atoms with E-state index in [4.69, 9.17) is 10.5 Å². The van der Waals surface area contributed by atoms with Gasteiger partial charge < -0.3 is 20.7 Å². The molecule has 1 saturated carbocycles. The molecule has 1 atom stereocenters. The third-order valence-corrected chi connectivity index (χ3v) is 8.63. The molecule has 6 heteroatoms. The van der Waals surface area contributed by atoms with Gasteiger partial charge in [0.1, 0.15) is 22.0 Å². The average molecular weight is 496 g/mol. The van der Waals surface area contributed by atoms with E-state index in [2.05, 4.69) is 20.8 Å². The highest BCUT2D eigenvalue weighted by molar-refractivity contribution is 8.04. The number of thioether (sulfide) groups is 1. The highest BCUT2D eigenvalue weighted by Crippen LogP contribution is 2.49. The molecule has 5 nitrogen and oxygen atoms in total. The molecule has 35 heavy (non-hydrogen) atoms. The van der Waals surface area contributed by atoms with Gasteiger partial charge in [0.2, 0.25) is 0 Å². The van der Waals surface area contributed by atoms with Crippen LogP contribution in [0.5, 0.6) is 5.75 Å². The van der Waals surface area contributed by atoms with Gasteiger partial charge in [-0.15, -0.1) is 0 Å². The maximum atomic E-state index is 13.4. The number of aromatic hydroxyl groups is 1. The number of phenols is 1. The van der Waals surface area contributed by atoms with Crippen molar-refractivity contribution in [1.82, 2.24) is 0 Å². The lowest BCUT2D eigenvalue weighted by Gasteiger charge is -2.41.